The van der Waals surface area contributed by atoms with E-state index in [1.165, 1.54) is 114 Å². The highest BCUT2D eigenvalue weighted by molar-refractivity contribution is 5.65. The summed E-state index contributed by atoms with van der Waals surface area (Å²) in [6.45, 7) is 5.45. The van der Waals surface area contributed by atoms with E-state index in [0.717, 1.165) is 34.1 Å². The van der Waals surface area contributed by atoms with Crippen LogP contribution in [0.2, 0.25) is 0 Å². The fourth-order valence-electron chi connectivity index (χ4n) is 9.38. The van der Waals surface area contributed by atoms with Crippen LogP contribution in [-0.2, 0) is 17.6 Å². The van der Waals surface area contributed by atoms with Gasteiger partial charge in [-0.2, -0.15) is 0 Å². The third-order valence-electron chi connectivity index (χ3n) is 13.1. The lowest BCUT2D eigenvalue weighted by molar-refractivity contribution is 0.193. The van der Waals surface area contributed by atoms with Gasteiger partial charge in [-0.05, 0) is 145 Å². The Labute approximate surface area is 344 Å². The SMILES string of the molecule is CCCCCC1CCC(c2ccc(-c3ccc(CC=CCOCC=CCc4ccc(-c5ccc(C6CCC(CCCCC)CC6)cc5)cc4F)c(F)c3)cc2)CC1. The molecule has 6 rings (SSSR count). The molecule has 304 valence electrons. The molecule has 0 saturated heterocycles. The van der Waals surface area contributed by atoms with Gasteiger partial charge in [0.05, 0.1) is 13.2 Å². The Balaban J connectivity index is 0.869. The van der Waals surface area contributed by atoms with Crippen LogP contribution in [0, 0.1) is 23.5 Å². The lowest BCUT2D eigenvalue weighted by atomic mass is 9.77. The molecule has 0 amide bonds. The van der Waals surface area contributed by atoms with E-state index in [-0.39, 0.29) is 11.6 Å². The molecule has 0 atom stereocenters. The van der Waals surface area contributed by atoms with Gasteiger partial charge in [0.2, 0.25) is 0 Å². The highest BCUT2D eigenvalue weighted by Gasteiger charge is 2.23. The van der Waals surface area contributed by atoms with E-state index in [4.69, 9.17) is 4.74 Å². The van der Waals surface area contributed by atoms with E-state index in [1.54, 1.807) is 12.1 Å². The van der Waals surface area contributed by atoms with Gasteiger partial charge in [-0.3, -0.25) is 0 Å². The molecule has 0 N–H and O–H groups in total. The third-order valence-corrected chi connectivity index (χ3v) is 13.1. The fourth-order valence-corrected chi connectivity index (χ4v) is 9.38. The molecule has 2 fully saturated rings. The Morgan fingerprint density at radius 1 is 0.474 bits per heavy atom. The highest BCUT2D eigenvalue weighted by Crippen LogP contribution is 2.40. The predicted molar refractivity (Wildman–Crippen MR) is 238 cm³/mol. The second kappa shape index (κ2) is 22.9. The van der Waals surface area contributed by atoms with Gasteiger partial charge in [0.15, 0.2) is 0 Å². The van der Waals surface area contributed by atoms with Crippen molar-refractivity contribution >= 4 is 0 Å². The van der Waals surface area contributed by atoms with E-state index in [9.17, 15) is 0 Å². The summed E-state index contributed by atoms with van der Waals surface area (Å²) in [5.41, 5.74) is 8.19. The summed E-state index contributed by atoms with van der Waals surface area (Å²) < 4.78 is 35.9. The zero-order valence-electron chi connectivity index (χ0n) is 35.0. The van der Waals surface area contributed by atoms with Crippen molar-refractivity contribution in [3.05, 3.63) is 143 Å². The van der Waals surface area contributed by atoms with Crippen LogP contribution in [0.1, 0.15) is 151 Å². The van der Waals surface area contributed by atoms with Crippen molar-refractivity contribution in [1.82, 2.24) is 0 Å². The van der Waals surface area contributed by atoms with Gasteiger partial charge in [-0.15, -0.1) is 0 Å². The van der Waals surface area contributed by atoms with Crippen LogP contribution in [0.25, 0.3) is 22.3 Å². The molecule has 3 heteroatoms. The molecular formula is C54H68F2O. The molecule has 4 aromatic rings. The predicted octanol–water partition coefficient (Wildman–Crippen LogP) is 15.9. The lowest BCUT2D eigenvalue weighted by Gasteiger charge is -2.29. The molecule has 0 heterocycles. The van der Waals surface area contributed by atoms with E-state index >= 15 is 8.78 Å². The standard InChI is InChI=1S/C54H68F2O/c1-3-5-7-13-41-17-21-43(22-18-41)45-25-29-47(30-26-45)51-35-33-49(53(55)39-51)15-9-11-37-57-38-12-10-16-50-34-36-52(40-54(50)56)48-31-27-46(28-32-48)44-23-19-42(20-24-44)14-8-6-4-2/h9-12,25-36,39-44H,3-8,13-24,37-38H2,1-2H3. The normalized spacial score (nSPS) is 20.1. The van der Waals surface area contributed by atoms with E-state index < -0.39 is 0 Å². The minimum Gasteiger partial charge on any atom is -0.373 e. The number of hydrogen-bond acceptors (Lipinski definition) is 1. The Hall–Kier alpha value is -3.82. The lowest BCUT2D eigenvalue weighted by Crippen LogP contribution is -2.13. The maximum atomic E-state index is 15.1. The summed E-state index contributed by atoms with van der Waals surface area (Å²) in [5, 5.41) is 0. The van der Waals surface area contributed by atoms with Crippen LogP contribution in [0.3, 0.4) is 0 Å². The van der Waals surface area contributed by atoms with Crippen molar-refractivity contribution in [2.24, 2.45) is 11.8 Å². The quantitative estimate of drug-likeness (QED) is 0.0642. The summed E-state index contributed by atoms with van der Waals surface area (Å²) in [6.07, 6.45) is 30.3. The Kier molecular flexibility index (Phi) is 17.2. The number of benzene rings is 4. The largest absolute Gasteiger partial charge is 0.373 e. The van der Waals surface area contributed by atoms with Crippen LogP contribution in [0.4, 0.5) is 8.78 Å². The molecule has 2 aliphatic carbocycles. The fraction of sp³-hybridized carbons (Fsp3) is 0.481. The molecule has 0 spiro atoms. The number of unbranched alkanes of at least 4 members (excludes halogenated alkanes) is 4. The van der Waals surface area contributed by atoms with Crippen molar-refractivity contribution < 1.29 is 13.5 Å². The van der Waals surface area contributed by atoms with E-state index in [1.807, 2.05) is 48.6 Å². The second-order valence-electron chi connectivity index (χ2n) is 17.2. The van der Waals surface area contributed by atoms with Gasteiger partial charge < -0.3 is 4.74 Å². The van der Waals surface area contributed by atoms with Crippen LogP contribution < -0.4 is 0 Å². The van der Waals surface area contributed by atoms with Crippen LogP contribution >= 0.6 is 0 Å². The topological polar surface area (TPSA) is 9.23 Å². The number of rotatable bonds is 20. The first-order chi connectivity index (χ1) is 28.0. The molecule has 0 unspecified atom stereocenters. The van der Waals surface area contributed by atoms with Crippen LogP contribution in [0.5, 0.6) is 0 Å². The summed E-state index contributed by atoms with van der Waals surface area (Å²) in [5.74, 6) is 2.80. The minimum absolute atomic E-state index is 0.176. The molecular weight excluding hydrogens is 703 g/mol. The Morgan fingerprint density at radius 3 is 1.23 bits per heavy atom. The molecule has 2 aliphatic rings. The van der Waals surface area contributed by atoms with Crippen molar-refractivity contribution in [2.45, 2.75) is 141 Å². The van der Waals surface area contributed by atoms with E-state index in [2.05, 4.69) is 62.4 Å². The maximum absolute atomic E-state index is 15.1. The van der Waals surface area contributed by atoms with Gasteiger partial charge in [-0.25, -0.2) is 8.78 Å². The van der Waals surface area contributed by atoms with Gasteiger partial charge in [-0.1, -0.05) is 162 Å². The average Bonchev–Trinajstić information content (AvgIpc) is 3.25. The molecule has 57 heavy (non-hydrogen) atoms. The van der Waals surface area contributed by atoms with Gasteiger partial charge >= 0.3 is 0 Å². The molecule has 0 radical (unpaired) electrons. The number of hydrogen-bond donors (Lipinski definition) is 0. The molecule has 4 aromatic carbocycles. The summed E-state index contributed by atoms with van der Waals surface area (Å²) in [7, 11) is 0. The van der Waals surface area contributed by atoms with Crippen molar-refractivity contribution in [3.8, 4) is 22.3 Å². The zero-order valence-corrected chi connectivity index (χ0v) is 35.0. The van der Waals surface area contributed by atoms with E-state index in [0.29, 0.717) is 49.0 Å². The highest BCUT2D eigenvalue weighted by atomic mass is 19.1. The summed E-state index contributed by atoms with van der Waals surface area (Å²) >= 11 is 0. The monoisotopic (exact) mass is 771 g/mol. The molecule has 1 nitrogen and oxygen atoms in total. The number of allylic oxidation sites excluding steroid dienone is 2. The zero-order chi connectivity index (χ0) is 39.7. The Bertz CT molecular complexity index is 1690. The van der Waals surface area contributed by atoms with Crippen LogP contribution in [0.15, 0.2) is 109 Å². The molecule has 0 aliphatic heterocycles. The van der Waals surface area contributed by atoms with Crippen LogP contribution in [-0.4, -0.2) is 13.2 Å². The third kappa shape index (κ3) is 13.1. The van der Waals surface area contributed by atoms with Crippen molar-refractivity contribution in [2.75, 3.05) is 13.2 Å². The number of ether oxygens (including phenoxy) is 1. The smallest absolute Gasteiger partial charge is 0.127 e. The first kappa shape index (κ1) is 42.8. The first-order valence-electron chi connectivity index (χ1n) is 22.7. The molecule has 2 saturated carbocycles. The molecule has 0 bridgehead atoms. The average molecular weight is 771 g/mol. The molecule has 0 aromatic heterocycles. The van der Waals surface area contributed by atoms with Gasteiger partial charge in [0, 0.05) is 0 Å². The van der Waals surface area contributed by atoms with Gasteiger partial charge in [0.1, 0.15) is 11.6 Å². The second-order valence-corrected chi connectivity index (χ2v) is 17.2. The first-order valence-corrected chi connectivity index (χ1v) is 22.7. The summed E-state index contributed by atoms with van der Waals surface area (Å²) in [4.78, 5) is 0. The summed E-state index contributed by atoms with van der Waals surface area (Å²) in [6, 6.07) is 28.9. The van der Waals surface area contributed by atoms with Crippen molar-refractivity contribution in [1.29, 1.82) is 0 Å². The van der Waals surface area contributed by atoms with Gasteiger partial charge in [0.25, 0.3) is 0 Å². The minimum atomic E-state index is -0.176. The maximum Gasteiger partial charge on any atom is 0.127 e. The number of halogens is 2. The van der Waals surface area contributed by atoms with Crippen molar-refractivity contribution in [3.63, 3.8) is 0 Å². The Morgan fingerprint density at radius 2 is 0.860 bits per heavy atom.